The third kappa shape index (κ3) is 3.43. The second-order valence-electron chi connectivity index (χ2n) is 5.91. The molecule has 1 N–H and O–H groups in total. The van der Waals surface area contributed by atoms with E-state index in [-0.39, 0.29) is 0 Å². The molecule has 1 atom stereocenters. The van der Waals surface area contributed by atoms with Gasteiger partial charge in [-0.15, -0.1) is 0 Å². The second-order valence-corrected chi connectivity index (χ2v) is 6.35. The molecule has 104 valence electrons. The van der Waals surface area contributed by atoms with E-state index in [0.717, 1.165) is 24.2 Å². The van der Waals surface area contributed by atoms with Gasteiger partial charge in [-0.3, -0.25) is 0 Å². The van der Waals surface area contributed by atoms with Gasteiger partial charge in [0, 0.05) is 35.9 Å². The summed E-state index contributed by atoms with van der Waals surface area (Å²) in [5.74, 6) is 0. The van der Waals surface area contributed by atoms with Crippen molar-refractivity contribution in [2.75, 3.05) is 18.0 Å². The molecule has 0 bridgehead atoms. The molecule has 1 aromatic rings. The highest BCUT2D eigenvalue weighted by atomic mass is 35.5. The van der Waals surface area contributed by atoms with Crippen LogP contribution in [0.15, 0.2) is 24.3 Å². The van der Waals surface area contributed by atoms with Gasteiger partial charge >= 0.3 is 0 Å². The number of hydrogen-bond donors (Lipinski definition) is 1. The van der Waals surface area contributed by atoms with Gasteiger partial charge in [-0.1, -0.05) is 30.5 Å². The van der Waals surface area contributed by atoms with Crippen LogP contribution in [-0.2, 0) is 0 Å². The number of benzene rings is 1. The van der Waals surface area contributed by atoms with Gasteiger partial charge in [-0.05, 0) is 43.9 Å². The molecule has 19 heavy (non-hydrogen) atoms. The molecule has 3 heteroatoms. The Kier molecular flexibility index (Phi) is 4.29. The fraction of sp³-hybridized carbons (Fsp3) is 0.625. The summed E-state index contributed by atoms with van der Waals surface area (Å²) in [6.07, 6.45) is 8.14. The lowest BCUT2D eigenvalue weighted by Gasteiger charge is -2.36. The first-order valence-electron chi connectivity index (χ1n) is 7.58. The Balaban J connectivity index is 1.61. The van der Waals surface area contributed by atoms with Gasteiger partial charge in [0.2, 0.25) is 0 Å². The van der Waals surface area contributed by atoms with Crippen LogP contribution in [0.4, 0.5) is 5.69 Å². The van der Waals surface area contributed by atoms with E-state index in [1.807, 2.05) is 12.1 Å². The van der Waals surface area contributed by atoms with Crippen molar-refractivity contribution in [3.8, 4) is 0 Å². The number of rotatable bonds is 3. The van der Waals surface area contributed by atoms with Crippen LogP contribution in [0.25, 0.3) is 0 Å². The maximum Gasteiger partial charge on any atom is 0.0426 e. The number of nitrogens with one attached hydrogen (secondary N) is 1. The molecule has 2 aliphatic rings. The molecule has 1 saturated carbocycles. The SMILES string of the molecule is Clc1cccc(N2CCCC(NC3CCCC3)C2)c1. The van der Waals surface area contributed by atoms with Crippen LogP contribution in [0.3, 0.4) is 0 Å². The molecule has 1 aliphatic carbocycles. The summed E-state index contributed by atoms with van der Waals surface area (Å²) in [7, 11) is 0. The Morgan fingerprint density at radius 1 is 1.05 bits per heavy atom. The Morgan fingerprint density at radius 3 is 2.63 bits per heavy atom. The van der Waals surface area contributed by atoms with Crippen molar-refractivity contribution in [3.63, 3.8) is 0 Å². The standard InChI is InChI=1S/C16H23ClN2/c17-13-5-3-9-16(11-13)19-10-4-8-15(12-19)18-14-6-1-2-7-14/h3,5,9,11,14-15,18H,1-2,4,6-8,10,12H2. The summed E-state index contributed by atoms with van der Waals surface area (Å²) in [5, 5.41) is 4.69. The molecule has 0 radical (unpaired) electrons. The minimum atomic E-state index is 0.649. The minimum absolute atomic E-state index is 0.649. The van der Waals surface area contributed by atoms with Gasteiger partial charge in [-0.25, -0.2) is 0 Å². The van der Waals surface area contributed by atoms with E-state index in [9.17, 15) is 0 Å². The van der Waals surface area contributed by atoms with Crippen molar-refractivity contribution in [1.29, 1.82) is 0 Å². The van der Waals surface area contributed by atoms with Gasteiger partial charge in [-0.2, -0.15) is 0 Å². The molecular weight excluding hydrogens is 256 g/mol. The van der Waals surface area contributed by atoms with Crippen LogP contribution >= 0.6 is 11.6 Å². The van der Waals surface area contributed by atoms with Crippen molar-refractivity contribution in [3.05, 3.63) is 29.3 Å². The quantitative estimate of drug-likeness (QED) is 0.904. The maximum atomic E-state index is 6.10. The minimum Gasteiger partial charge on any atom is -0.370 e. The molecule has 0 spiro atoms. The van der Waals surface area contributed by atoms with Gasteiger partial charge < -0.3 is 10.2 Å². The average molecular weight is 279 g/mol. The Bertz CT molecular complexity index is 415. The van der Waals surface area contributed by atoms with Gasteiger partial charge in [0.25, 0.3) is 0 Å². The van der Waals surface area contributed by atoms with Crippen molar-refractivity contribution >= 4 is 17.3 Å². The van der Waals surface area contributed by atoms with Crippen LogP contribution in [0.1, 0.15) is 38.5 Å². The summed E-state index contributed by atoms with van der Waals surface area (Å²) in [6.45, 7) is 2.28. The van der Waals surface area contributed by atoms with Crippen LogP contribution in [-0.4, -0.2) is 25.2 Å². The van der Waals surface area contributed by atoms with E-state index in [1.54, 1.807) is 0 Å². The molecule has 0 amide bonds. The predicted octanol–water partition coefficient (Wildman–Crippen LogP) is 3.84. The molecule has 1 heterocycles. The van der Waals surface area contributed by atoms with Crippen molar-refractivity contribution in [2.24, 2.45) is 0 Å². The summed E-state index contributed by atoms with van der Waals surface area (Å²) in [6, 6.07) is 9.67. The average Bonchev–Trinajstić information content (AvgIpc) is 2.92. The van der Waals surface area contributed by atoms with Gasteiger partial charge in [0.05, 0.1) is 0 Å². The van der Waals surface area contributed by atoms with E-state index in [4.69, 9.17) is 11.6 Å². The summed E-state index contributed by atoms with van der Waals surface area (Å²) in [5.41, 5.74) is 1.27. The number of halogens is 1. The van der Waals surface area contributed by atoms with Gasteiger partial charge in [0.1, 0.15) is 0 Å². The molecule has 1 saturated heterocycles. The zero-order valence-corrected chi connectivity index (χ0v) is 12.2. The smallest absolute Gasteiger partial charge is 0.0426 e. The van der Waals surface area contributed by atoms with Crippen LogP contribution in [0, 0.1) is 0 Å². The molecule has 2 nitrogen and oxygen atoms in total. The number of nitrogens with zero attached hydrogens (tertiary/aromatic N) is 1. The third-order valence-corrected chi connectivity index (χ3v) is 4.66. The predicted molar refractivity (Wildman–Crippen MR) is 82.1 cm³/mol. The first-order chi connectivity index (χ1) is 9.31. The van der Waals surface area contributed by atoms with E-state index in [1.165, 1.54) is 44.2 Å². The zero-order valence-electron chi connectivity index (χ0n) is 11.4. The first kappa shape index (κ1) is 13.3. The molecule has 1 aliphatic heterocycles. The van der Waals surface area contributed by atoms with Crippen LogP contribution in [0.2, 0.25) is 5.02 Å². The molecule has 3 rings (SSSR count). The fourth-order valence-electron chi connectivity index (χ4n) is 3.45. The lowest BCUT2D eigenvalue weighted by Crippen LogP contribution is -2.48. The Hall–Kier alpha value is -0.730. The lowest BCUT2D eigenvalue weighted by molar-refractivity contribution is 0.375. The third-order valence-electron chi connectivity index (χ3n) is 4.42. The summed E-state index contributed by atoms with van der Waals surface area (Å²) in [4.78, 5) is 2.47. The normalized spacial score (nSPS) is 24.9. The molecule has 0 aromatic heterocycles. The largest absolute Gasteiger partial charge is 0.370 e. The van der Waals surface area contributed by atoms with E-state index >= 15 is 0 Å². The Labute approximate surface area is 121 Å². The fourth-order valence-corrected chi connectivity index (χ4v) is 3.63. The molecule has 1 aromatic carbocycles. The second kappa shape index (κ2) is 6.15. The highest BCUT2D eigenvalue weighted by molar-refractivity contribution is 6.30. The molecular formula is C16H23ClN2. The number of anilines is 1. The number of hydrogen-bond acceptors (Lipinski definition) is 2. The van der Waals surface area contributed by atoms with Crippen molar-refractivity contribution < 1.29 is 0 Å². The number of piperidine rings is 1. The zero-order chi connectivity index (χ0) is 13.1. The van der Waals surface area contributed by atoms with Crippen LogP contribution in [0.5, 0.6) is 0 Å². The molecule has 1 unspecified atom stereocenters. The van der Waals surface area contributed by atoms with Crippen molar-refractivity contribution in [2.45, 2.75) is 50.6 Å². The topological polar surface area (TPSA) is 15.3 Å². The molecule has 2 fully saturated rings. The maximum absolute atomic E-state index is 6.10. The highest BCUT2D eigenvalue weighted by Crippen LogP contribution is 2.24. The summed E-state index contributed by atoms with van der Waals surface area (Å²) < 4.78 is 0. The first-order valence-corrected chi connectivity index (χ1v) is 7.95. The Morgan fingerprint density at radius 2 is 1.84 bits per heavy atom. The monoisotopic (exact) mass is 278 g/mol. The van der Waals surface area contributed by atoms with Crippen molar-refractivity contribution in [1.82, 2.24) is 5.32 Å². The highest BCUT2D eigenvalue weighted by Gasteiger charge is 2.24. The van der Waals surface area contributed by atoms with Crippen LogP contribution < -0.4 is 10.2 Å². The lowest BCUT2D eigenvalue weighted by atomic mass is 10.0. The summed E-state index contributed by atoms with van der Waals surface area (Å²) >= 11 is 6.10. The van der Waals surface area contributed by atoms with E-state index in [2.05, 4.69) is 22.3 Å². The van der Waals surface area contributed by atoms with E-state index < -0.39 is 0 Å². The van der Waals surface area contributed by atoms with E-state index in [0.29, 0.717) is 6.04 Å². The van der Waals surface area contributed by atoms with Gasteiger partial charge in [0.15, 0.2) is 0 Å².